The second-order valence-corrected chi connectivity index (χ2v) is 7.13. The Kier molecular flexibility index (Phi) is 3.38. The molecule has 2 aromatic rings. The number of hydrogen-bond donors (Lipinski definition) is 1. The summed E-state index contributed by atoms with van der Waals surface area (Å²) >= 11 is 12.4. The molecule has 0 saturated carbocycles. The lowest BCUT2D eigenvalue weighted by molar-refractivity contribution is 0.0696. The molecule has 0 unspecified atom stereocenters. The molecule has 0 spiro atoms. The first kappa shape index (κ1) is 14.6. The fraction of sp³-hybridized carbons (Fsp3) is 0.375. The SMILES string of the molecule is CC1(C)CCc2nc3c(Cl)ccc(Cl)c3c(C(=O)O)c2C1. The molecule has 3 rings (SSSR count). The summed E-state index contributed by atoms with van der Waals surface area (Å²) in [6, 6.07) is 3.28. The molecule has 5 heteroatoms. The maximum atomic E-state index is 11.8. The Hall–Kier alpha value is -1.32. The minimum absolute atomic E-state index is 0.0671. The topological polar surface area (TPSA) is 50.2 Å². The zero-order chi connectivity index (χ0) is 15.4. The molecule has 1 aliphatic rings. The van der Waals surface area contributed by atoms with Crippen LogP contribution in [0.4, 0.5) is 0 Å². The van der Waals surface area contributed by atoms with Gasteiger partial charge >= 0.3 is 5.97 Å². The first-order valence-corrected chi connectivity index (χ1v) is 7.58. The Balaban J connectivity index is 2.44. The number of carboxylic acids is 1. The summed E-state index contributed by atoms with van der Waals surface area (Å²) in [7, 11) is 0. The van der Waals surface area contributed by atoms with Crippen LogP contribution in [0.3, 0.4) is 0 Å². The van der Waals surface area contributed by atoms with Gasteiger partial charge in [-0.25, -0.2) is 4.79 Å². The molecule has 1 aromatic carbocycles. The molecule has 0 fully saturated rings. The Morgan fingerprint density at radius 3 is 2.62 bits per heavy atom. The summed E-state index contributed by atoms with van der Waals surface area (Å²) in [6.07, 6.45) is 2.44. The monoisotopic (exact) mass is 323 g/mol. The van der Waals surface area contributed by atoms with Crippen LogP contribution in [0.5, 0.6) is 0 Å². The van der Waals surface area contributed by atoms with Gasteiger partial charge in [0.05, 0.1) is 21.1 Å². The molecule has 1 heterocycles. The van der Waals surface area contributed by atoms with Gasteiger partial charge in [0.2, 0.25) is 0 Å². The van der Waals surface area contributed by atoms with E-state index < -0.39 is 5.97 Å². The average molecular weight is 324 g/mol. The van der Waals surface area contributed by atoms with Crippen LogP contribution in [0.15, 0.2) is 12.1 Å². The number of aromatic carboxylic acids is 1. The fourth-order valence-electron chi connectivity index (χ4n) is 3.04. The number of aromatic nitrogens is 1. The maximum Gasteiger partial charge on any atom is 0.336 e. The van der Waals surface area contributed by atoms with Crippen LogP contribution in [0, 0.1) is 5.41 Å². The van der Waals surface area contributed by atoms with Crippen LogP contribution >= 0.6 is 23.2 Å². The smallest absolute Gasteiger partial charge is 0.336 e. The van der Waals surface area contributed by atoms with E-state index in [1.54, 1.807) is 12.1 Å². The van der Waals surface area contributed by atoms with Gasteiger partial charge in [0, 0.05) is 11.1 Å². The highest BCUT2D eigenvalue weighted by atomic mass is 35.5. The normalized spacial score (nSPS) is 16.8. The van der Waals surface area contributed by atoms with Crippen molar-refractivity contribution >= 4 is 40.1 Å². The highest BCUT2D eigenvalue weighted by Gasteiger charge is 2.31. The number of benzene rings is 1. The van der Waals surface area contributed by atoms with E-state index in [0.29, 0.717) is 27.4 Å². The van der Waals surface area contributed by atoms with Crippen molar-refractivity contribution < 1.29 is 9.90 Å². The van der Waals surface area contributed by atoms with Crippen LogP contribution in [0.2, 0.25) is 10.0 Å². The van der Waals surface area contributed by atoms with Crippen molar-refractivity contribution in [1.82, 2.24) is 4.98 Å². The number of aryl methyl sites for hydroxylation is 1. The molecule has 1 aromatic heterocycles. The Bertz CT molecular complexity index is 769. The van der Waals surface area contributed by atoms with Crippen LogP contribution in [0.25, 0.3) is 10.9 Å². The van der Waals surface area contributed by atoms with Crippen LogP contribution in [-0.4, -0.2) is 16.1 Å². The number of pyridine rings is 1. The molecular formula is C16H15Cl2NO2. The summed E-state index contributed by atoms with van der Waals surface area (Å²) in [5.74, 6) is -0.972. The maximum absolute atomic E-state index is 11.8. The van der Waals surface area contributed by atoms with Crippen molar-refractivity contribution in [3.05, 3.63) is 39.0 Å². The predicted molar refractivity (Wildman–Crippen MR) is 84.5 cm³/mol. The fourth-order valence-corrected chi connectivity index (χ4v) is 3.49. The first-order valence-electron chi connectivity index (χ1n) is 6.83. The van der Waals surface area contributed by atoms with Crippen LogP contribution in [-0.2, 0) is 12.8 Å². The van der Waals surface area contributed by atoms with E-state index in [1.165, 1.54) is 0 Å². The van der Waals surface area contributed by atoms with Gasteiger partial charge in [-0.1, -0.05) is 37.0 Å². The van der Waals surface area contributed by atoms with Crippen LogP contribution in [0.1, 0.15) is 41.9 Å². The van der Waals surface area contributed by atoms with Gasteiger partial charge in [0.15, 0.2) is 0 Å². The lowest BCUT2D eigenvalue weighted by atomic mass is 9.74. The van der Waals surface area contributed by atoms with Gasteiger partial charge in [-0.2, -0.15) is 0 Å². The van der Waals surface area contributed by atoms with Crippen molar-refractivity contribution in [2.75, 3.05) is 0 Å². The molecule has 1 aliphatic carbocycles. The Labute approximate surface area is 132 Å². The number of fused-ring (bicyclic) bond motifs is 2. The molecular weight excluding hydrogens is 309 g/mol. The summed E-state index contributed by atoms with van der Waals surface area (Å²) in [5, 5.41) is 11.0. The quantitative estimate of drug-likeness (QED) is 0.823. The number of nitrogens with zero attached hydrogens (tertiary/aromatic N) is 1. The molecule has 0 aliphatic heterocycles. The molecule has 0 amide bonds. The summed E-state index contributed by atoms with van der Waals surface area (Å²) in [4.78, 5) is 16.4. The predicted octanol–water partition coefficient (Wildman–Crippen LogP) is 4.75. The van der Waals surface area contributed by atoms with Crippen LogP contribution < -0.4 is 0 Å². The molecule has 0 bridgehead atoms. The van der Waals surface area contributed by atoms with Gasteiger partial charge in [-0.3, -0.25) is 4.98 Å². The molecule has 0 atom stereocenters. The molecule has 1 N–H and O–H groups in total. The number of hydrogen-bond acceptors (Lipinski definition) is 2. The second kappa shape index (κ2) is 4.85. The largest absolute Gasteiger partial charge is 0.478 e. The van der Waals surface area contributed by atoms with Gasteiger partial charge in [-0.15, -0.1) is 0 Å². The summed E-state index contributed by atoms with van der Waals surface area (Å²) in [5.41, 5.74) is 2.45. The van der Waals surface area contributed by atoms with E-state index in [-0.39, 0.29) is 11.0 Å². The Morgan fingerprint density at radius 1 is 1.29 bits per heavy atom. The molecule has 21 heavy (non-hydrogen) atoms. The number of rotatable bonds is 1. The lowest BCUT2D eigenvalue weighted by Gasteiger charge is -2.32. The molecule has 0 radical (unpaired) electrons. The standard InChI is InChI=1S/C16H15Cl2NO2/c1-16(2)6-5-11-8(7-16)12(15(20)21)13-9(17)3-4-10(18)14(13)19-11/h3-4H,5-7H2,1-2H3,(H,20,21). The van der Waals surface area contributed by atoms with Gasteiger partial charge in [0.1, 0.15) is 0 Å². The highest BCUT2D eigenvalue weighted by molar-refractivity contribution is 6.41. The number of halogens is 2. The van der Waals surface area contributed by atoms with Crippen molar-refractivity contribution in [3.8, 4) is 0 Å². The van der Waals surface area contributed by atoms with Gasteiger partial charge < -0.3 is 5.11 Å². The zero-order valence-corrected chi connectivity index (χ0v) is 13.3. The molecule has 110 valence electrons. The third-order valence-electron chi connectivity index (χ3n) is 4.13. The zero-order valence-electron chi connectivity index (χ0n) is 11.8. The second-order valence-electron chi connectivity index (χ2n) is 6.31. The average Bonchev–Trinajstić information content (AvgIpc) is 2.40. The lowest BCUT2D eigenvalue weighted by Crippen LogP contribution is -2.25. The Morgan fingerprint density at radius 2 is 1.95 bits per heavy atom. The third-order valence-corrected chi connectivity index (χ3v) is 4.75. The van der Waals surface area contributed by atoms with E-state index in [4.69, 9.17) is 23.2 Å². The van der Waals surface area contributed by atoms with E-state index in [2.05, 4.69) is 18.8 Å². The van der Waals surface area contributed by atoms with Crippen molar-refractivity contribution in [2.45, 2.75) is 33.1 Å². The summed E-state index contributed by atoms with van der Waals surface area (Å²) in [6.45, 7) is 4.29. The highest BCUT2D eigenvalue weighted by Crippen LogP contribution is 2.40. The van der Waals surface area contributed by atoms with Crippen molar-refractivity contribution in [2.24, 2.45) is 5.41 Å². The van der Waals surface area contributed by atoms with Gasteiger partial charge in [0.25, 0.3) is 0 Å². The van der Waals surface area contributed by atoms with E-state index in [0.717, 1.165) is 24.1 Å². The van der Waals surface area contributed by atoms with Crippen molar-refractivity contribution in [3.63, 3.8) is 0 Å². The third kappa shape index (κ3) is 2.39. The molecule has 0 saturated heterocycles. The van der Waals surface area contributed by atoms with E-state index in [9.17, 15) is 9.90 Å². The number of carboxylic acid groups (broad SMARTS) is 1. The van der Waals surface area contributed by atoms with Gasteiger partial charge in [-0.05, 0) is 42.4 Å². The summed E-state index contributed by atoms with van der Waals surface area (Å²) < 4.78 is 0. The minimum Gasteiger partial charge on any atom is -0.478 e. The number of carbonyl (C=O) groups is 1. The minimum atomic E-state index is -0.972. The molecule has 3 nitrogen and oxygen atoms in total. The van der Waals surface area contributed by atoms with Crippen molar-refractivity contribution in [1.29, 1.82) is 0 Å². The first-order chi connectivity index (χ1) is 9.80. The van der Waals surface area contributed by atoms with E-state index in [1.807, 2.05) is 0 Å². The van der Waals surface area contributed by atoms with E-state index >= 15 is 0 Å².